The summed E-state index contributed by atoms with van der Waals surface area (Å²) < 4.78 is 49.7. The van der Waals surface area contributed by atoms with Gasteiger partial charge >= 0.3 is 6.18 Å². The number of carbonyl (C=O) groups excluding carboxylic acids is 1. The van der Waals surface area contributed by atoms with Gasteiger partial charge in [-0.2, -0.15) is 13.2 Å². The number of ether oxygens (including phenoxy) is 1. The van der Waals surface area contributed by atoms with Crippen molar-refractivity contribution in [2.24, 2.45) is 5.92 Å². The van der Waals surface area contributed by atoms with E-state index in [1.165, 1.54) is 11.8 Å². The molecule has 1 saturated heterocycles. The summed E-state index contributed by atoms with van der Waals surface area (Å²) in [7, 11) is 1.63. The second kappa shape index (κ2) is 9.84. The van der Waals surface area contributed by atoms with Gasteiger partial charge in [-0.05, 0) is 42.2 Å². The van der Waals surface area contributed by atoms with Crippen LogP contribution in [0, 0.1) is 12.8 Å². The third kappa shape index (κ3) is 5.00. The van der Waals surface area contributed by atoms with E-state index in [9.17, 15) is 18.0 Å². The van der Waals surface area contributed by atoms with Gasteiger partial charge in [0.1, 0.15) is 11.4 Å². The number of alkyl halides is 3. The van der Waals surface area contributed by atoms with E-state index in [4.69, 9.17) is 16.3 Å². The molecule has 1 aliphatic heterocycles. The minimum atomic E-state index is -4.64. The largest absolute Gasteiger partial charge is 0.431 e. The number of hydrogen-bond acceptors (Lipinski definition) is 2. The molecule has 180 valence electrons. The number of rotatable bonds is 6. The van der Waals surface area contributed by atoms with E-state index in [-0.39, 0.29) is 29.3 Å². The molecule has 2 heterocycles. The van der Waals surface area contributed by atoms with E-state index in [2.05, 4.69) is 0 Å². The summed E-state index contributed by atoms with van der Waals surface area (Å²) in [4.78, 5) is 15.3. The fourth-order valence-corrected chi connectivity index (χ4v) is 4.73. The molecule has 1 amide bonds. The molecule has 0 saturated carbocycles. The van der Waals surface area contributed by atoms with Crippen LogP contribution in [0.4, 0.5) is 13.2 Å². The summed E-state index contributed by atoms with van der Waals surface area (Å²) in [5.74, 6) is -0.292. The first kappa shape index (κ1) is 24.4. The lowest BCUT2D eigenvalue weighted by molar-refractivity contribution is -0.143. The number of nitrogens with zero attached hydrogens (tertiary/aromatic N) is 2. The highest BCUT2D eigenvalue weighted by Gasteiger charge is 2.41. The smallest absolute Gasteiger partial charge is 0.381 e. The van der Waals surface area contributed by atoms with Gasteiger partial charge in [-0.15, -0.1) is 0 Å². The molecule has 0 N–H and O–H groups in total. The van der Waals surface area contributed by atoms with Gasteiger partial charge in [0.15, 0.2) is 0 Å². The lowest BCUT2D eigenvalue weighted by Gasteiger charge is -2.23. The number of benzene rings is 2. The van der Waals surface area contributed by atoms with Gasteiger partial charge in [0, 0.05) is 43.2 Å². The molecule has 4 rings (SSSR count). The van der Waals surface area contributed by atoms with Gasteiger partial charge < -0.3 is 14.2 Å². The molecule has 0 bridgehead atoms. The Kier molecular flexibility index (Phi) is 7.05. The molecule has 0 spiro atoms. The molecule has 2 aromatic carbocycles. The molecule has 3 aromatic rings. The molecular formula is C26H26ClF3N2O2. The van der Waals surface area contributed by atoms with E-state index in [0.29, 0.717) is 35.9 Å². The second-order valence-corrected chi connectivity index (χ2v) is 9.13. The molecule has 1 atom stereocenters. The fraction of sp³-hybridized carbons (Fsp3) is 0.346. The Bertz CT molecular complexity index is 1150. The van der Waals surface area contributed by atoms with Crippen LogP contribution in [0.2, 0.25) is 5.02 Å². The lowest BCUT2D eigenvalue weighted by atomic mass is 10.00. The summed E-state index contributed by atoms with van der Waals surface area (Å²) in [5.41, 5.74) is 0.692. The predicted molar refractivity (Wildman–Crippen MR) is 126 cm³/mol. The van der Waals surface area contributed by atoms with E-state index in [1.54, 1.807) is 61.6 Å². The van der Waals surface area contributed by atoms with Crippen LogP contribution >= 0.6 is 11.6 Å². The number of amides is 1. The molecule has 1 aliphatic rings. The van der Waals surface area contributed by atoms with Gasteiger partial charge in [0.05, 0.1) is 6.61 Å². The van der Waals surface area contributed by atoms with Crippen LogP contribution in [-0.2, 0) is 17.5 Å². The molecular weight excluding hydrogens is 465 g/mol. The number of hydrogen-bond donors (Lipinski definition) is 0. The van der Waals surface area contributed by atoms with E-state index >= 15 is 0 Å². The molecule has 1 unspecified atom stereocenters. The summed E-state index contributed by atoms with van der Waals surface area (Å²) in [5, 5.41) is 0.465. The minimum absolute atomic E-state index is 0.0201. The fourth-order valence-electron chi connectivity index (χ4n) is 4.61. The number of carbonyl (C=O) groups is 1. The maximum atomic E-state index is 14.4. The van der Waals surface area contributed by atoms with Crippen LogP contribution in [0.5, 0.6) is 0 Å². The van der Waals surface area contributed by atoms with Gasteiger partial charge in [-0.25, -0.2) is 0 Å². The average molecular weight is 491 g/mol. The molecule has 1 fully saturated rings. The van der Waals surface area contributed by atoms with Crippen molar-refractivity contribution >= 4 is 17.5 Å². The quantitative estimate of drug-likeness (QED) is 0.407. The maximum absolute atomic E-state index is 14.4. The highest BCUT2D eigenvalue weighted by atomic mass is 35.5. The first-order chi connectivity index (χ1) is 16.2. The maximum Gasteiger partial charge on any atom is 0.431 e. The highest BCUT2D eigenvalue weighted by Crippen LogP contribution is 2.42. The van der Waals surface area contributed by atoms with Gasteiger partial charge in [-0.1, -0.05) is 54.1 Å². The Hall–Kier alpha value is -2.77. The van der Waals surface area contributed by atoms with Crippen LogP contribution < -0.4 is 0 Å². The zero-order valence-electron chi connectivity index (χ0n) is 19.0. The van der Waals surface area contributed by atoms with Gasteiger partial charge in [-0.3, -0.25) is 4.79 Å². The van der Waals surface area contributed by atoms with E-state index < -0.39 is 17.8 Å². The summed E-state index contributed by atoms with van der Waals surface area (Å²) in [6.07, 6.45) is -3.82. The number of aromatic nitrogens is 1. The monoisotopic (exact) mass is 490 g/mol. The third-order valence-corrected chi connectivity index (χ3v) is 6.45. The Morgan fingerprint density at radius 2 is 1.82 bits per heavy atom. The molecule has 0 aliphatic carbocycles. The minimum Gasteiger partial charge on any atom is -0.381 e. The van der Waals surface area contributed by atoms with E-state index in [0.717, 1.165) is 11.0 Å². The van der Waals surface area contributed by atoms with Crippen molar-refractivity contribution < 1.29 is 22.7 Å². The standard InChI is InChI=1S/C26H26ClF3N2O2/c1-17-22(20-8-10-21(27)11-9-20)23(25(33)31(2)14-19-12-13-34-16-19)32(24(17)26(28,29)30)15-18-6-4-3-5-7-18/h3-11,19H,12-16H2,1-2H3. The van der Waals surface area contributed by atoms with Crippen molar-refractivity contribution in [3.63, 3.8) is 0 Å². The Morgan fingerprint density at radius 3 is 2.41 bits per heavy atom. The zero-order chi connectivity index (χ0) is 24.5. The molecule has 0 radical (unpaired) electrons. The highest BCUT2D eigenvalue weighted by molar-refractivity contribution is 6.30. The normalized spacial score (nSPS) is 16.1. The first-order valence-electron chi connectivity index (χ1n) is 11.1. The summed E-state index contributed by atoms with van der Waals surface area (Å²) in [6, 6.07) is 15.4. The van der Waals surface area contributed by atoms with Crippen LogP contribution in [-0.4, -0.2) is 42.2 Å². The molecule has 8 heteroatoms. The SMILES string of the molecule is Cc1c(-c2ccc(Cl)cc2)c(C(=O)N(C)CC2CCOC2)n(Cc2ccccc2)c1C(F)(F)F. The van der Waals surface area contributed by atoms with Gasteiger partial charge in [0.2, 0.25) is 0 Å². The Balaban J connectivity index is 1.90. The first-order valence-corrected chi connectivity index (χ1v) is 11.5. The van der Waals surface area contributed by atoms with Crippen molar-refractivity contribution in [1.29, 1.82) is 0 Å². The van der Waals surface area contributed by atoms with Crippen molar-refractivity contribution in [2.45, 2.75) is 26.1 Å². The molecule has 1 aromatic heterocycles. The van der Waals surface area contributed by atoms with Crippen molar-refractivity contribution in [3.8, 4) is 11.1 Å². The van der Waals surface area contributed by atoms with Crippen LogP contribution in [0.25, 0.3) is 11.1 Å². The number of halogens is 4. The topological polar surface area (TPSA) is 34.5 Å². The zero-order valence-corrected chi connectivity index (χ0v) is 19.8. The summed E-state index contributed by atoms with van der Waals surface area (Å²) in [6.45, 7) is 2.93. The van der Waals surface area contributed by atoms with E-state index in [1.807, 2.05) is 0 Å². The van der Waals surface area contributed by atoms with Crippen molar-refractivity contribution in [1.82, 2.24) is 9.47 Å². The van der Waals surface area contributed by atoms with Crippen molar-refractivity contribution in [2.75, 3.05) is 26.8 Å². The molecule has 4 nitrogen and oxygen atoms in total. The molecule has 34 heavy (non-hydrogen) atoms. The van der Waals surface area contributed by atoms with Gasteiger partial charge in [0.25, 0.3) is 5.91 Å². The average Bonchev–Trinajstić information content (AvgIpc) is 3.40. The Morgan fingerprint density at radius 1 is 1.15 bits per heavy atom. The lowest BCUT2D eigenvalue weighted by Crippen LogP contribution is -2.34. The van der Waals surface area contributed by atoms with Crippen LogP contribution in [0.3, 0.4) is 0 Å². The van der Waals surface area contributed by atoms with Crippen molar-refractivity contribution in [3.05, 3.63) is 82.1 Å². The second-order valence-electron chi connectivity index (χ2n) is 8.69. The summed E-state index contributed by atoms with van der Waals surface area (Å²) >= 11 is 6.03. The third-order valence-electron chi connectivity index (χ3n) is 6.20. The predicted octanol–water partition coefficient (Wildman–Crippen LogP) is 6.29. The van der Waals surface area contributed by atoms with Crippen LogP contribution in [0.15, 0.2) is 54.6 Å². The Labute approximate surface area is 201 Å². The van der Waals surface area contributed by atoms with Crippen LogP contribution in [0.1, 0.15) is 33.7 Å².